The molecular formula is C25H25BrN6O5. The maximum atomic E-state index is 12.7. The summed E-state index contributed by atoms with van der Waals surface area (Å²) in [7, 11) is 3.06. The molecule has 2 aromatic carbocycles. The largest absolute Gasteiger partial charge is 0.497 e. The number of aliphatic hydroxyl groups excluding tert-OH is 1. The molecule has 0 saturated carbocycles. The van der Waals surface area contributed by atoms with Gasteiger partial charge in [0.25, 0.3) is 5.56 Å². The SMILES string of the molecule is COc1ccc(OCC(O)Cn2c(N/N=C\C(Br)=C\c3ccccc3)nc3c2c(=O)[nH]c(=O)n3C)cc1. The molecule has 4 aromatic rings. The van der Waals surface area contributed by atoms with E-state index < -0.39 is 17.4 Å². The van der Waals surface area contributed by atoms with Gasteiger partial charge in [-0.05, 0) is 51.8 Å². The van der Waals surface area contributed by atoms with Gasteiger partial charge in [-0.2, -0.15) is 10.1 Å². The number of fused-ring (bicyclic) bond motifs is 1. The predicted molar refractivity (Wildman–Crippen MR) is 146 cm³/mol. The number of imidazole rings is 1. The quantitative estimate of drug-likeness (QED) is 0.197. The minimum Gasteiger partial charge on any atom is -0.497 e. The molecule has 0 bridgehead atoms. The van der Waals surface area contributed by atoms with Crippen LogP contribution in [0.4, 0.5) is 5.95 Å². The van der Waals surface area contributed by atoms with Crippen LogP contribution in [0, 0.1) is 0 Å². The lowest BCUT2D eigenvalue weighted by Crippen LogP contribution is -2.30. The molecule has 1 atom stereocenters. The molecule has 4 rings (SSSR count). The Kier molecular flexibility index (Phi) is 8.21. The van der Waals surface area contributed by atoms with Gasteiger partial charge in [0.2, 0.25) is 5.95 Å². The van der Waals surface area contributed by atoms with Crippen molar-refractivity contribution in [3.05, 3.63) is 85.5 Å². The Balaban J connectivity index is 1.56. The number of H-pyrrole nitrogens is 1. The third-order valence-electron chi connectivity index (χ3n) is 5.36. The number of methoxy groups -OCH3 is 1. The van der Waals surface area contributed by atoms with Gasteiger partial charge in [0, 0.05) is 11.5 Å². The standard InChI is InChI=1S/C25H25BrN6O5/c1-31-22-21(23(34)29-25(31)35)32(14-18(33)15-37-20-10-8-19(36-2)9-11-20)24(28-22)30-27-13-17(26)12-16-6-4-3-5-7-16/h3-13,18,33H,14-15H2,1-2H3,(H,28,30)(H,29,34,35)/b17-12-,27-13-. The number of aromatic nitrogens is 4. The van der Waals surface area contributed by atoms with Gasteiger partial charge in [-0.3, -0.25) is 14.3 Å². The third-order valence-corrected chi connectivity index (χ3v) is 5.79. The first-order valence-electron chi connectivity index (χ1n) is 11.2. The predicted octanol–water partition coefficient (Wildman–Crippen LogP) is 2.71. The van der Waals surface area contributed by atoms with Crippen molar-refractivity contribution in [2.75, 3.05) is 19.1 Å². The fourth-order valence-electron chi connectivity index (χ4n) is 3.52. The summed E-state index contributed by atoms with van der Waals surface area (Å²) in [5.41, 5.74) is 2.81. The number of rotatable bonds is 10. The first-order valence-corrected chi connectivity index (χ1v) is 12.0. The van der Waals surface area contributed by atoms with Crippen LogP contribution in [0.1, 0.15) is 5.56 Å². The van der Waals surface area contributed by atoms with E-state index in [0.717, 1.165) is 5.56 Å². The summed E-state index contributed by atoms with van der Waals surface area (Å²) < 4.78 is 14.2. The maximum absolute atomic E-state index is 12.7. The fourth-order valence-corrected chi connectivity index (χ4v) is 3.89. The van der Waals surface area contributed by atoms with E-state index in [1.807, 2.05) is 36.4 Å². The number of allylic oxidation sites excluding steroid dienone is 1. The van der Waals surface area contributed by atoms with Crippen LogP contribution in [-0.2, 0) is 13.6 Å². The Hall–Kier alpha value is -4.16. The van der Waals surface area contributed by atoms with Crippen LogP contribution in [0.25, 0.3) is 17.2 Å². The van der Waals surface area contributed by atoms with Gasteiger partial charge in [-0.1, -0.05) is 30.3 Å². The van der Waals surface area contributed by atoms with E-state index in [-0.39, 0.29) is 30.3 Å². The average molecular weight is 569 g/mol. The van der Waals surface area contributed by atoms with Crippen molar-refractivity contribution in [2.24, 2.45) is 12.1 Å². The lowest BCUT2D eigenvalue weighted by atomic mass is 10.2. The van der Waals surface area contributed by atoms with Crippen molar-refractivity contribution in [3.63, 3.8) is 0 Å². The number of hydrogen-bond donors (Lipinski definition) is 3. The summed E-state index contributed by atoms with van der Waals surface area (Å²) in [4.78, 5) is 31.4. The number of ether oxygens (including phenoxy) is 2. The van der Waals surface area contributed by atoms with E-state index in [1.165, 1.54) is 22.4 Å². The Morgan fingerprint density at radius 3 is 2.59 bits per heavy atom. The molecule has 37 heavy (non-hydrogen) atoms. The molecule has 2 aromatic heterocycles. The van der Waals surface area contributed by atoms with Gasteiger partial charge in [0.15, 0.2) is 11.2 Å². The summed E-state index contributed by atoms with van der Waals surface area (Å²) >= 11 is 3.45. The smallest absolute Gasteiger partial charge is 0.329 e. The highest BCUT2D eigenvalue weighted by atomic mass is 79.9. The van der Waals surface area contributed by atoms with Gasteiger partial charge >= 0.3 is 5.69 Å². The van der Waals surface area contributed by atoms with E-state index in [4.69, 9.17) is 9.47 Å². The summed E-state index contributed by atoms with van der Waals surface area (Å²) in [6, 6.07) is 16.6. The zero-order chi connectivity index (χ0) is 26.4. The van der Waals surface area contributed by atoms with E-state index in [1.54, 1.807) is 31.4 Å². The van der Waals surface area contributed by atoms with Gasteiger partial charge in [0.1, 0.15) is 24.2 Å². The molecule has 11 nitrogen and oxygen atoms in total. The first kappa shape index (κ1) is 25.9. The molecule has 0 radical (unpaired) electrons. The van der Waals surface area contributed by atoms with Crippen LogP contribution in [-0.4, -0.2) is 50.2 Å². The second kappa shape index (κ2) is 11.7. The second-order valence-electron chi connectivity index (χ2n) is 7.99. The Bertz CT molecular complexity index is 1540. The molecule has 0 amide bonds. The number of aliphatic hydroxyl groups is 1. The molecule has 3 N–H and O–H groups in total. The number of aryl methyl sites for hydroxylation is 1. The summed E-state index contributed by atoms with van der Waals surface area (Å²) in [5, 5.41) is 14.9. The van der Waals surface area contributed by atoms with E-state index in [9.17, 15) is 14.7 Å². The van der Waals surface area contributed by atoms with Gasteiger partial charge in [-0.15, -0.1) is 0 Å². The van der Waals surface area contributed by atoms with Crippen LogP contribution < -0.4 is 26.1 Å². The second-order valence-corrected chi connectivity index (χ2v) is 8.90. The number of halogens is 1. The molecule has 12 heteroatoms. The monoisotopic (exact) mass is 568 g/mol. The molecule has 0 aliphatic heterocycles. The highest BCUT2D eigenvalue weighted by Gasteiger charge is 2.20. The Labute approximate surface area is 219 Å². The molecular weight excluding hydrogens is 544 g/mol. The zero-order valence-electron chi connectivity index (χ0n) is 20.1. The van der Waals surface area contributed by atoms with Gasteiger partial charge < -0.3 is 19.1 Å². The van der Waals surface area contributed by atoms with Gasteiger partial charge in [-0.25, -0.2) is 10.2 Å². The van der Waals surface area contributed by atoms with Gasteiger partial charge in [0.05, 0.1) is 19.9 Å². The normalized spacial score (nSPS) is 12.7. The number of hydrazone groups is 1. The fraction of sp³-hybridized carbons (Fsp3) is 0.200. The van der Waals surface area contributed by atoms with Crippen LogP contribution in [0.5, 0.6) is 11.5 Å². The van der Waals surface area contributed by atoms with Crippen molar-refractivity contribution in [2.45, 2.75) is 12.6 Å². The van der Waals surface area contributed by atoms with E-state index in [2.05, 4.69) is 36.4 Å². The van der Waals surface area contributed by atoms with Crippen LogP contribution in [0.2, 0.25) is 0 Å². The van der Waals surface area contributed by atoms with Crippen molar-refractivity contribution < 1.29 is 14.6 Å². The Morgan fingerprint density at radius 2 is 1.89 bits per heavy atom. The number of anilines is 1. The Morgan fingerprint density at radius 1 is 1.19 bits per heavy atom. The number of benzene rings is 2. The van der Waals surface area contributed by atoms with E-state index in [0.29, 0.717) is 16.0 Å². The number of nitrogens with zero attached hydrogens (tertiary/aromatic N) is 4. The summed E-state index contributed by atoms with van der Waals surface area (Å²) in [5.74, 6) is 1.40. The van der Waals surface area contributed by atoms with Crippen molar-refractivity contribution >= 4 is 45.3 Å². The molecule has 2 heterocycles. The highest BCUT2D eigenvalue weighted by Crippen LogP contribution is 2.19. The highest BCUT2D eigenvalue weighted by molar-refractivity contribution is 9.12. The van der Waals surface area contributed by atoms with Crippen molar-refractivity contribution in [1.82, 2.24) is 19.1 Å². The summed E-state index contributed by atoms with van der Waals surface area (Å²) in [6.45, 7) is -0.101. The molecule has 0 aliphatic carbocycles. The minimum atomic E-state index is -1.01. The van der Waals surface area contributed by atoms with E-state index >= 15 is 0 Å². The maximum Gasteiger partial charge on any atom is 0.329 e. The lowest BCUT2D eigenvalue weighted by molar-refractivity contribution is 0.0938. The van der Waals surface area contributed by atoms with Crippen LogP contribution in [0.3, 0.4) is 0 Å². The van der Waals surface area contributed by atoms with Crippen molar-refractivity contribution in [1.29, 1.82) is 0 Å². The molecule has 0 fully saturated rings. The summed E-state index contributed by atoms with van der Waals surface area (Å²) in [6.07, 6.45) is 2.40. The molecule has 0 aliphatic rings. The minimum absolute atomic E-state index is 0.0488. The third kappa shape index (κ3) is 6.35. The average Bonchev–Trinajstić information content (AvgIpc) is 3.25. The van der Waals surface area contributed by atoms with Crippen molar-refractivity contribution in [3.8, 4) is 11.5 Å². The molecule has 0 spiro atoms. The topological polar surface area (TPSA) is 136 Å². The molecule has 192 valence electrons. The number of aromatic amines is 1. The van der Waals surface area contributed by atoms with Crippen LogP contribution in [0.15, 0.2) is 73.8 Å². The number of hydrogen-bond acceptors (Lipinski definition) is 8. The first-order chi connectivity index (χ1) is 17.9. The lowest BCUT2D eigenvalue weighted by Gasteiger charge is -2.15. The number of nitrogens with one attached hydrogen (secondary N) is 2. The molecule has 1 unspecified atom stereocenters. The van der Waals surface area contributed by atoms with Crippen LogP contribution >= 0.6 is 15.9 Å². The molecule has 0 saturated heterocycles. The zero-order valence-corrected chi connectivity index (χ0v) is 21.7.